The van der Waals surface area contributed by atoms with Crippen molar-refractivity contribution in [2.45, 2.75) is 23.2 Å². The summed E-state index contributed by atoms with van der Waals surface area (Å²) in [6, 6.07) is 10.8. The Hall–Kier alpha value is -1.85. The normalized spacial score (nSPS) is 13.7. The summed E-state index contributed by atoms with van der Waals surface area (Å²) in [5, 5.41) is 18.6. The molecule has 5 heteroatoms. The molecule has 0 aliphatic heterocycles. The highest BCUT2D eigenvalue weighted by Crippen LogP contribution is 2.27. The molecule has 20 heavy (non-hydrogen) atoms. The van der Waals surface area contributed by atoms with Crippen LogP contribution in [-0.4, -0.2) is 26.4 Å². The third-order valence-electron chi connectivity index (χ3n) is 2.86. The summed E-state index contributed by atoms with van der Waals surface area (Å²) in [7, 11) is 0. The number of aliphatic carboxylic acids is 1. The van der Waals surface area contributed by atoms with Crippen molar-refractivity contribution in [1.29, 1.82) is 0 Å². The molecule has 2 unspecified atom stereocenters. The van der Waals surface area contributed by atoms with Gasteiger partial charge in [0.1, 0.15) is 11.4 Å². The van der Waals surface area contributed by atoms with Gasteiger partial charge in [0.2, 0.25) is 0 Å². The summed E-state index contributed by atoms with van der Waals surface area (Å²) >= 11 is 1.27. The van der Waals surface area contributed by atoms with Gasteiger partial charge in [-0.1, -0.05) is 18.2 Å². The molecule has 0 radical (unpaired) electrons. The van der Waals surface area contributed by atoms with Gasteiger partial charge in [-0.2, -0.15) is 0 Å². The number of carbonyl (C=O) groups is 1. The monoisotopic (exact) mass is 289 g/mol. The van der Waals surface area contributed by atoms with Crippen molar-refractivity contribution < 1.29 is 15.0 Å². The topological polar surface area (TPSA) is 70.4 Å². The number of nitrogens with zero attached hydrogens (tertiary/aromatic N) is 1. The molecule has 0 fully saturated rings. The van der Waals surface area contributed by atoms with Crippen LogP contribution >= 0.6 is 11.8 Å². The van der Waals surface area contributed by atoms with Crippen LogP contribution in [0.25, 0.3) is 0 Å². The highest BCUT2D eigenvalue weighted by molar-refractivity contribution is 8.00. The maximum atomic E-state index is 10.8. The molecule has 0 saturated heterocycles. The molecule has 0 bridgehead atoms. The summed E-state index contributed by atoms with van der Waals surface area (Å²) < 4.78 is 0. The fraction of sp³-hybridized carbons (Fsp3) is 0.200. The first-order valence-corrected chi connectivity index (χ1v) is 7.03. The van der Waals surface area contributed by atoms with Crippen molar-refractivity contribution in [1.82, 2.24) is 4.98 Å². The lowest BCUT2D eigenvalue weighted by Crippen LogP contribution is -2.11. The molecule has 0 aliphatic carbocycles. The van der Waals surface area contributed by atoms with E-state index in [1.54, 1.807) is 37.5 Å². The van der Waals surface area contributed by atoms with Crippen molar-refractivity contribution in [3.8, 4) is 0 Å². The molecule has 4 nitrogen and oxygen atoms in total. The summed E-state index contributed by atoms with van der Waals surface area (Å²) in [4.78, 5) is 15.6. The van der Waals surface area contributed by atoms with E-state index in [0.29, 0.717) is 0 Å². The van der Waals surface area contributed by atoms with Gasteiger partial charge in [0, 0.05) is 22.9 Å². The van der Waals surface area contributed by atoms with Gasteiger partial charge in [-0.25, -0.2) is 0 Å². The molecule has 2 atom stereocenters. The van der Waals surface area contributed by atoms with Crippen molar-refractivity contribution in [2.75, 3.05) is 0 Å². The summed E-state index contributed by atoms with van der Waals surface area (Å²) in [6.07, 6.45) is 2.56. The zero-order valence-electron chi connectivity index (χ0n) is 10.9. The third-order valence-corrected chi connectivity index (χ3v) is 3.96. The van der Waals surface area contributed by atoms with Crippen LogP contribution < -0.4 is 0 Å². The second kappa shape index (κ2) is 6.54. The lowest BCUT2D eigenvalue weighted by molar-refractivity contribution is -0.136. The molecule has 2 aromatic rings. The standard InChI is InChI=1S/C15H15NO3S/c1-10(15(18)19)20-13-6-4-11(5-7-13)14(17)12-3-2-8-16-9-12/h2-10,14,17H,1H3,(H,18,19). The minimum Gasteiger partial charge on any atom is -0.480 e. The third kappa shape index (κ3) is 3.59. The number of benzene rings is 1. The number of carboxylic acids is 1. The van der Waals surface area contributed by atoms with Gasteiger partial charge in [0.15, 0.2) is 0 Å². The molecule has 104 valence electrons. The van der Waals surface area contributed by atoms with E-state index in [1.807, 2.05) is 18.2 Å². The summed E-state index contributed by atoms with van der Waals surface area (Å²) in [5.41, 5.74) is 1.48. The van der Waals surface area contributed by atoms with E-state index in [-0.39, 0.29) is 0 Å². The smallest absolute Gasteiger partial charge is 0.316 e. The van der Waals surface area contributed by atoms with Crippen molar-refractivity contribution in [3.63, 3.8) is 0 Å². The molecule has 0 amide bonds. The Morgan fingerprint density at radius 2 is 1.90 bits per heavy atom. The predicted octanol–water partition coefficient (Wildman–Crippen LogP) is 2.73. The van der Waals surface area contributed by atoms with E-state index >= 15 is 0 Å². The van der Waals surface area contributed by atoms with E-state index in [9.17, 15) is 9.90 Å². The van der Waals surface area contributed by atoms with E-state index < -0.39 is 17.3 Å². The number of hydrogen-bond acceptors (Lipinski definition) is 4. The first kappa shape index (κ1) is 14.6. The maximum absolute atomic E-state index is 10.8. The van der Waals surface area contributed by atoms with Crippen molar-refractivity contribution >= 4 is 17.7 Å². The maximum Gasteiger partial charge on any atom is 0.316 e. The fourth-order valence-corrected chi connectivity index (χ4v) is 2.52. The largest absolute Gasteiger partial charge is 0.480 e. The quantitative estimate of drug-likeness (QED) is 0.828. The summed E-state index contributed by atoms with van der Waals surface area (Å²) in [6.45, 7) is 1.64. The zero-order chi connectivity index (χ0) is 14.5. The zero-order valence-corrected chi connectivity index (χ0v) is 11.7. The van der Waals surface area contributed by atoms with Crippen LogP contribution in [0.5, 0.6) is 0 Å². The minimum atomic E-state index is -0.838. The molecule has 2 N–H and O–H groups in total. The van der Waals surface area contributed by atoms with Crippen LogP contribution in [0.3, 0.4) is 0 Å². The second-order valence-electron chi connectivity index (χ2n) is 4.36. The fourth-order valence-electron chi connectivity index (χ4n) is 1.71. The van der Waals surface area contributed by atoms with Crippen molar-refractivity contribution in [2.24, 2.45) is 0 Å². The molecule has 1 aromatic heterocycles. The molecular weight excluding hydrogens is 274 g/mol. The lowest BCUT2D eigenvalue weighted by Gasteiger charge is -2.12. The molecular formula is C15H15NO3S. The van der Waals surface area contributed by atoms with Gasteiger partial charge in [0.05, 0.1) is 0 Å². The molecule has 0 aliphatic rings. The Morgan fingerprint density at radius 3 is 2.45 bits per heavy atom. The van der Waals surface area contributed by atoms with Gasteiger partial charge < -0.3 is 10.2 Å². The second-order valence-corrected chi connectivity index (χ2v) is 5.77. The SMILES string of the molecule is CC(Sc1ccc(C(O)c2cccnc2)cc1)C(=O)O. The first-order chi connectivity index (χ1) is 9.58. The van der Waals surface area contributed by atoms with Crippen LogP contribution in [-0.2, 0) is 4.79 Å². The number of aromatic nitrogens is 1. The first-order valence-electron chi connectivity index (χ1n) is 6.15. The minimum absolute atomic E-state index is 0.496. The number of aliphatic hydroxyl groups is 1. The highest BCUT2D eigenvalue weighted by atomic mass is 32.2. The Morgan fingerprint density at radius 1 is 1.20 bits per heavy atom. The van der Waals surface area contributed by atoms with Crippen LogP contribution in [0.2, 0.25) is 0 Å². The van der Waals surface area contributed by atoms with E-state index in [2.05, 4.69) is 4.98 Å². The van der Waals surface area contributed by atoms with Gasteiger partial charge >= 0.3 is 5.97 Å². The summed E-state index contributed by atoms with van der Waals surface area (Å²) in [5.74, 6) is -0.838. The van der Waals surface area contributed by atoms with Crippen LogP contribution in [0, 0.1) is 0 Å². The number of carboxylic acid groups (broad SMARTS) is 1. The average Bonchev–Trinajstić information content (AvgIpc) is 2.48. The van der Waals surface area contributed by atoms with Crippen molar-refractivity contribution in [3.05, 3.63) is 59.9 Å². The molecule has 0 saturated carbocycles. The van der Waals surface area contributed by atoms with E-state index in [4.69, 9.17) is 5.11 Å². The Labute approximate surface area is 121 Å². The molecule has 1 aromatic carbocycles. The van der Waals surface area contributed by atoms with Crippen LogP contribution in [0.4, 0.5) is 0 Å². The molecule has 2 rings (SSSR count). The van der Waals surface area contributed by atoms with E-state index in [0.717, 1.165) is 16.0 Å². The highest BCUT2D eigenvalue weighted by Gasteiger charge is 2.14. The Kier molecular flexibility index (Phi) is 4.76. The number of aliphatic hydroxyl groups excluding tert-OH is 1. The molecule has 1 heterocycles. The van der Waals surface area contributed by atoms with Gasteiger partial charge in [-0.05, 0) is 30.7 Å². The number of rotatable bonds is 5. The Balaban J connectivity index is 2.10. The number of pyridine rings is 1. The number of hydrogen-bond donors (Lipinski definition) is 2. The predicted molar refractivity (Wildman–Crippen MR) is 77.7 cm³/mol. The van der Waals surface area contributed by atoms with Gasteiger partial charge in [-0.15, -0.1) is 11.8 Å². The van der Waals surface area contributed by atoms with E-state index in [1.165, 1.54) is 11.8 Å². The Bertz CT molecular complexity index is 571. The average molecular weight is 289 g/mol. The van der Waals surface area contributed by atoms with Gasteiger partial charge in [-0.3, -0.25) is 9.78 Å². The lowest BCUT2D eigenvalue weighted by atomic mass is 10.0. The van der Waals surface area contributed by atoms with Crippen LogP contribution in [0.15, 0.2) is 53.7 Å². The van der Waals surface area contributed by atoms with Gasteiger partial charge in [0.25, 0.3) is 0 Å². The molecule has 0 spiro atoms. The van der Waals surface area contributed by atoms with Crippen LogP contribution in [0.1, 0.15) is 24.2 Å². The number of thioether (sulfide) groups is 1.